The van der Waals surface area contributed by atoms with E-state index in [1.54, 1.807) is 0 Å². The topological polar surface area (TPSA) is 44.5 Å². The molecule has 4 heteroatoms. The van der Waals surface area contributed by atoms with Gasteiger partial charge in [-0.3, -0.25) is 0 Å². The number of rotatable bonds is 3. The Labute approximate surface area is 133 Å². The van der Waals surface area contributed by atoms with Gasteiger partial charge in [-0.05, 0) is 49.1 Å². The van der Waals surface area contributed by atoms with Crippen LogP contribution in [0.4, 0.5) is 0 Å². The van der Waals surface area contributed by atoms with Crippen LogP contribution in [-0.4, -0.2) is 25.4 Å². The number of nitrogens with two attached hydrogens (primary N) is 1. The molecule has 0 aromatic heterocycles. The first kappa shape index (κ1) is 14.7. The summed E-state index contributed by atoms with van der Waals surface area (Å²) in [5.41, 5.74) is 7.50. The average molecular weight is 299 g/mol. The third kappa shape index (κ3) is 1.87. The Bertz CT molecular complexity index is 563. The summed E-state index contributed by atoms with van der Waals surface area (Å²) in [7, 11) is -0.211. The summed E-state index contributed by atoms with van der Waals surface area (Å²) in [6.07, 6.45) is 2.64. The molecular weight excluding hydrogens is 273 g/mol. The molecule has 4 aliphatic rings. The van der Waals surface area contributed by atoms with Gasteiger partial charge >= 0.3 is 7.12 Å². The zero-order valence-corrected chi connectivity index (χ0v) is 13.8. The van der Waals surface area contributed by atoms with E-state index in [0.29, 0.717) is 17.9 Å². The molecule has 0 unspecified atom stereocenters. The van der Waals surface area contributed by atoms with Crippen LogP contribution in [0.2, 0.25) is 0 Å². The van der Waals surface area contributed by atoms with Gasteiger partial charge in [0.25, 0.3) is 0 Å². The molecule has 0 spiro atoms. The van der Waals surface area contributed by atoms with E-state index in [-0.39, 0.29) is 24.6 Å². The summed E-state index contributed by atoms with van der Waals surface area (Å²) < 4.78 is 12.9. The molecule has 1 aliphatic heterocycles. The van der Waals surface area contributed by atoms with Gasteiger partial charge < -0.3 is 15.0 Å². The summed E-state index contributed by atoms with van der Waals surface area (Å²) in [5.74, 6) is 1.50. The van der Waals surface area contributed by atoms with E-state index < -0.39 is 0 Å². The van der Waals surface area contributed by atoms with Gasteiger partial charge in [0.15, 0.2) is 0 Å². The fourth-order valence-electron chi connectivity index (χ4n) is 5.18. The molecule has 1 aromatic carbocycles. The van der Waals surface area contributed by atoms with Crippen molar-refractivity contribution in [1.29, 1.82) is 0 Å². The van der Waals surface area contributed by atoms with E-state index in [9.17, 15) is 0 Å². The number of hydrogen-bond donors (Lipinski definition) is 1. The Morgan fingerprint density at radius 3 is 2.59 bits per heavy atom. The van der Waals surface area contributed by atoms with E-state index in [1.807, 2.05) is 6.07 Å². The van der Waals surface area contributed by atoms with Gasteiger partial charge in [0.1, 0.15) is 0 Å². The first-order valence-electron chi connectivity index (χ1n) is 8.55. The van der Waals surface area contributed by atoms with Crippen LogP contribution >= 0.6 is 0 Å². The molecule has 0 amide bonds. The summed E-state index contributed by atoms with van der Waals surface area (Å²) in [4.78, 5) is 0. The SMILES string of the molecule is CC1(C)[C@@H]2C[C@H]3OB([C@@H](CN)c4ccccc4)O[C@@]3(C)[C@H]1C2. The second-order valence-corrected chi connectivity index (χ2v) is 8.09. The van der Waals surface area contributed by atoms with Crippen molar-refractivity contribution in [2.75, 3.05) is 6.54 Å². The van der Waals surface area contributed by atoms with Crippen LogP contribution in [0.5, 0.6) is 0 Å². The zero-order chi connectivity index (χ0) is 15.5. The largest absolute Gasteiger partial charge is 0.466 e. The Balaban J connectivity index is 1.59. The average Bonchev–Trinajstić information content (AvgIpc) is 2.85. The van der Waals surface area contributed by atoms with E-state index in [4.69, 9.17) is 15.0 Å². The molecule has 5 atom stereocenters. The number of benzene rings is 1. The van der Waals surface area contributed by atoms with Crippen LogP contribution in [0.25, 0.3) is 0 Å². The molecule has 3 saturated carbocycles. The lowest BCUT2D eigenvalue weighted by atomic mass is 9.43. The molecule has 4 fully saturated rings. The molecule has 2 bridgehead atoms. The second-order valence-electron chi connectivity index (χ2n) is 8.09. The van der Waals surface area contributed by atoms with Gasteiger partial charge in [-0.1, -0.05) is 44.2 Å². The van der Waals surface area contributed by atoms with Crippen molar-refractivity contribution >= 4 is 7.12 Å². The van der Waals surface area contributed by atoms with Gasteiger partial charge in [0, 0.05) is 5.82 Å². The van der Waals surface area contributed by atoms with E-state index >= 15 is 0 Å². The maximum atomic E-state index is 6.54. The van der Waals surface area contributed by atoms with E-state index in [1.165, 1.54) is 12.0 Å². The summed E-state index contributed by atoms with van der Waals surface area (Å²) in [5, 5.41) is 0. The lowest BCUT2D eigenvalue weighted by Crippen LogP contribution is -2.65. The molecule has 5 rings (SSSR count). The highest BCUT2D eigenvalue weighted by atomic mass is 16.7. The highest BCUT2D eigenvalue weighted by Gasteiger charge is 2.68. The maximum absolute atomic E-state index is 6.54. The van der Waals surface area contributed by atoms with Crippen LogP contribution in [0.3, 0.4) is 0 Å². The van der Waals surface area contributed by atoms with Gasteiger partial charge in [0.2, 0.25) is 0 Å². The van der Waals surface area contributed by atoms with Crippen LogP contribution in [0, 0.1) is 17.3 Å². The Kier molecular flexibility index (Phi) is 3.23. The van der Waals surface area contributed by atoms with Crippen LogP contribution in [0.15, 0.2) is 30.3 Å². The van der Waals surface area contributed by atoms with Crippen LogP contribution < -0.4 is 5.73 Å². The molecule has 3 aliphatic carbocycles. The van der Waals surface area contributed by atoms with Gasteiger partial charge in [-0.25, -0.2) is 0 Å². The van der Waals surface area contributed by atoms with Crippen molar-refractivity contribution in [2.24, 2.45) is 23.0 Å². The van der Waals surface area contributed by atoms with E-state index in [0.717, 1.165) is 12.3 Å². The predicted octanol–water partition coefficient (Wildman–Crippen LogP) is 3.00. The summed E-state index contributed by atoms with van der Waals surface area (Å²) in [6.45, 7) is 7.59. The highest BCUT2D eigenvalue weighted by Crippen LogP contribution is 2.66. The van der Waals surface area contributed by atoms with Crippen molar-refractivity contribution in [3.63, 3.8) is 0 Å². The lowest BCUT2D eigenvalue weighted by Gasteiger charge is -2.64. The maximum Gasteiger partial charge on any atom is 0.466 e. The predicted molar refractivity (Wildman–Crippen MR) is 88.3 cm³/mol. The highest BCUT2D eigenvalue weighted by molar-refractivity contribution is 6.47. The summed E-state index contributed by atoms with van der Waals surface area (Å²) >= 11 is 0. The standard InChI is InChI=1S/C18H26BNO2/c1-17(2)13-9-15(17)18(3)16(10-13)21-19(22-18)14(11-20)12-7-5-4-6-8-12/h4-8,13-16H,9-11,20H2,1-3H3/t13-,14-,15-,16+,18-/m0/s1. The lowest BCUT2D eigenvalue weighted by molar-refractivity contribution is -0.199. The van der Waals surface area contributed by atoms with Crippen LogP contribution in [-0.2, 0) is 9.31 Å². The van der Waals surface area contributed by atoms with Gasteiger partial charge in [-0.2, -0.15) is 0 Å². The van der Waals surface area contributed by atoms with Crippen molar-refractivity contribution in [3.05, 3.63) is 35.9 Å². The minimum absolute atomic E-state index is 0.115. The molecular formula is C18H26BNO2. The first-order valence-corrected chi connectivity index (χ1v) is 8.55. The van der Waals surface area contributed by atoms with Crippen molar-refractivity contribution in [2.45, 2.75) is 51.1 Å². The molecule has 0 radical (unpaired) electrons. The monoisotopic (exact) mass is 299 g/mol. The molecule has 22 heavy (non-hydrogen) atoms. The number of hydrogen-bond acceptors (Lipinski definition) is 3. The van der Waals surface area contributed by atoms with E-state index in [2.05, 4.69) is 45.0 Å². The fourth-order valence-corrected chi connectivity index (χ4v) is 5.18. The quantitative estimate of drug-likeness (QED) is 0.873. The normalized spacial score (nSPS) is 40.0. The Morgan fingerprint density at radius 1 is 1.23 bits per heavy atom. The third-order valence-electron chi connectivity index (χ3n) is 6.78. The van der Waals surface area contributed by atoms with Crippen molar-refractivity contribution < 1.29 is 9.31 Å². The molecule has 118 valence electrons. The Hall–Kier alpha value is -0.835. The first-order chi connectivity index (χ1) is 10.5. The minimum Gasteiger partial charge on any atom is -0.405 e. The fraction of sp³-hybridized carbons (Fsp3) is 0.667. The smallest absolute Gasteiger partial charge is 0.405 e. The van der Waals surface area contributed by atoms with Crippen LogP contribution in [0.1, 0.15) is 45.0 Å². The molecule has 1 saturated heterocycles. The molecule has 1 heterocycles. The molecule has 3 nitrogen and oxygen atoms in total. The summed E-state index contributed by atoms with van der Waals surface area (Å²) in [6, 6.07) is 10.4. The second kappa shape index (κ2) is 4.83. The van der Waals surface area contributed by atoms with Gasteiger partial charge in [0.05, 0.1) is 11.7 Å². The third-order valence-corrected chi connectivity index (χ3v) is 6.78. The van der Waals surface area contributed by atoms with Crippen molar-refractivity contribution in [1.82, 2.24) is 0 Å². The van der Waals surface area contributed by atoms with Gasteiger partial charge in [-0.15, -0.1) is 0 Å². The zero-order valence-electron chi connectivity index (χ0n) is 13.8. The Morgan fingerprint density at radius 2 is 1.95 bits per heavy atom. The minimum atomic E-state index is -0.211. The molecule has 2 N–H and O–H groups in total. The van der Waals surface area contributed by atoms with Crippen molar-refractivity contribution in [3.8, 4) is 0 Å². The molecule has 1 aromatic rings.